The van der Waals surface area contributed by atoms with Crippen LogP contribution in [0.4, 0.5) is 0 Å². The number of likely N-dealkylation sites (tertiary alicyclic amines) is 1. The van der Waals surface area contributed by atoms with Crippen molar-refractivity contribution in [3.05, 3.63) is 23.8 Å². The summed E-state index contributed by atoms with van der Waals surface area (Å²) in [7, 11) is 0. The predicted molar refractivity (Wildman–Crippen MR) is 86.6 cm³/mol. The molecule has 2 atom stereocenters. The Hall–Kier alpha value is -1.83. The molecule has 0 bridgehead atoms. The van der Waals surface area contributed by atoms with Crippen LogP contribution in [0.5, 0.6) is 11.5 Å². The van der Waals surface area contributed by atoms with Crippen LogP contribution >= 0.6 is 0 Å². The summed E-state index contributed by atoms with van der Waals surface area (Å²) >= 11 is 0. The highest BCUT2D eigenvalue weighted by atomic mass is 16.7. The molecule has 3 rings (SSSR count). The van der Waals surface area contributed by atoms with Gasteiger partial charge in [0.25, 0.3) is 0 Å². The maximum absolute atomic E-state index is 11.5. The third-order valence-corrected chi connectivity index (χ3v) is 4.40. The lowest BCUT2D eigenvalue weighted by Crippen LogP contribution is -2.50. The van der Waals surface area contributed by atoms with Crippen LogP contribution in [-0.2, 0) is 16.1 Å². The Bertz CT molecular complexity index is 580. The van der Waals surface area contributed by atoms with Crippen molar-refractivity contribution >= 4 is 5.91 Å². The van der Waals surface area contributed by atoms with Gasteiger partial charge in [0.05, 0.1) is 25.4 Å². The molecule has 3 N–H and O–H groups in total. The maximum Gasteiger partial charge on any atom is 0.234 e. The van der Waals surface area contributed by atoms with Gasteiger partial charge in [-0.25, -0.2) is 0 Å². The fourth-order valence-corrected chi connectivity index (χ4v) is 3.20. The van der Waals surface area contributed by atoms with Crippen LogP contribution in [0.15, 0.2) is 18.2 Å². The number of aliphatic hydroxyl groups is 1. The highest BCUT2D eigenvalue weighted by molar-refractivity contribution is 5.79. The fourth-order valence-electron chi connectivity index (χ4n) is 3.20. The van der Waals surface area contributed by atoms with Crippen LogP contribution in [0.3, 0.4) is 0 Å². The molecule has 0 spiro atoms. The quantitative estimate of drug-likeness (QED) is 0.759. The van der Waals surface area contributed by atoms with Crippen LogP contribution in [-0.4, -0.2) is 54.5 Å². The van der Waals surface area contributed by atoms with E-state index in [9.17, 15) is 9.90 Å². The van der Waals surface area contributed by atoms with E-state index in [2.05, 4.69) is 0 Å². The predicted octanol–water partition coefficient (Wildman–Crippen LogP) is 0.633. The van der Waals surface area contributed by atoms with Crippen molar-refractivity contribution in [1.29, 1.82) is 0 Å². The van der Waals surface area contributed by atoms with Crippen LogP contribution < -0.4 is 15.2 Å². The number of benzene rings is 1. The smallest absolute Gasteiger partial charge is 0.234 e. The zero-order chi connectivity index (χ0) is 16.9. The summed E-state index contributed by atoms with van der Waals surface area (Å²) < 4.78 is 16.2. The summed E-state index contributed by atoms with van der Waals surface area (Å²) in [6, 6.07) is 5.36. The molecule has 0 radical (unpaired) electrons. The van der Waals surface area contributed by atoms with Crippen LogP contribution in [0.1, 0.15) is 24.8 Å². The minimum absolute atomic E-state index is 0.205. The second-order valence-corrected chi connectivity index (χ2v) is 6.27. The number of hydrogen-bond donors (Lipinski definition) is 2. The number of amides is 1. The number of ether oxygens (including phenoxy) is 3. The van der Waals surface area contributed by atoms with Crippen molar-refractivity contribution < 1.29 is 24.1 Å². The normalized spacial score (nSPS) is 21.6. The lowest BCUT2D eigenvalue weighted by molar-refractivity contribution is -0.125. The van der Waals surface area contributed by atoms with Gasteiger partial charge in [0.2, 0.25) is 12.7 Å². The van der Waals surface area contributed by atoms with Gasteiger partial charge in [-0.15, -0.1) is 0 Å². The number of nitrogens with zero attached hydrogens (tertiary/aromatic N) is 1. The number of carbonyl (C=O) groups is 1. The Balaban J connectivity index is 1.43. The molecule has 7 nitrogen and oxygen atoms in total. The lowest BCUT2D eigenvalue weighted by Gasteiger charge is -2.34. The third-order valence-electron chi connectivity index (χ3n) is 4.40. The van der Waals surface area contributed by atoms with Gasteiger partial charge in [-0.05, 0) is 37.1 Å². The van der Waals surface area contributed by atoms with E-state index < -0.39 is 6.10 Å². The molecule has 24 heavy (non-hydrogen) atoms. The summed E-state index contributed by atoms with van der Waals surface area (Å²) in [4.78, 5) is 13.4. The molecule has 1 amide bonds. The molecule has 0 unspecified atom stereocenters. The number of hydrogen-bond acceptors (Lipinski definition) is 6. The van der Waals surface area contributed by atoms with Crippen molar-refractivity contribution in [2.45, 2.75) is 38.0 Å². The van der Waals surface area contributed by atoms with Crippen molar-refractivity contribution in [3.8, 4) is 11.5 Å². The molecule has 1 aromatic rings. The van der Waals surface area contributed by atoms with Gasteiger partial charge in [0.1, 0.15) is 0 Å². The number of carbonyl (C=O) groups excluding carboxylic acids is 1. The van der Waals surface area contributed by atoms with Crippen LogP contribution in [0, 0.1) is 0 Å². The number of piperidine rings is 1. The minimum atomic E-state index is -0.654. The van der Waals surface area contributed by atoms with E-state index in [0.717, 1.165) is 37.1 Å². The summed E-state index contributed by atoms with van der Waals surface area (Å²) in [5, 5.41) is 10.2. The molecular weight excluding hydrogens is 312 g/mol. The lowest BCUT2D eigenvalue weighted by atomic mass is 10.0. The largest absolute Gasteiger partial charge is 0.454 e. The molecule has 0 saturated carbocycles. The molecule has 2 aliphatic heterocycles. The summed E-state index contributed by atoms with van der Waals surface area (Å²) in [5.41, 5.74) is 6.40. The summed E-state index contributed by atoms with van der Waals surface area (Å²) in [5.74, 6) is 1.14. The van der Waals surface area contributed by atoms with Crippen LogP contribution in [0.2, 0.25) is 0 Å². The van der Waals surface area contributed by atoms with E-state index >= 15 is 0 Å². The highest BCUT2D eigenvalue weighted by Crippen LogP contribution is 2.32. The summed E-state index contributed by atoms with van der Waals surface area (Å²) in [6.07, 6.45) is 2.13. The van der Waals surface area contributed by atoms with Gasteiger partial charge >= 0.3 is 0 Å². The molecule has 1 fully saturated rings. The van der Waals surface area contributed by atoms with Gasteiger partial charge in [0, 0.05) is 6.54 Å². The van der Waals surface area contributed by atoms with Gasteiger partial charge in [-0.2, -0.15) is 0 Å². The second-order valence-electron chi connectivity index (χ2n) is 6.27. The van der Waals surface area contributed by atoms with Crippen LogP contribution in [0.25, 0.3) is 0 Å². The number of β-amino-alcohol motifs (C(OH)–C–C–N with tert-alkyl or cyclic N) is 1. The topological polar surface area (TPSA) is 94.3 Å². The summed E-state index contributed by atoms with van der Waals surface area (Å²) in [6.45, 7) is 2.01. The fraction of sp³-hybridized carbons (Fsp3) is 0.588. The van der Waals surface area contributed by atoms with Crippen molar-refractivity contribution in [1.82, 2.24) is 4.90 Å². The molecule has 1 saturated heterocycles. The first-order chi connectivity index (χ1) is 11.6. The first-order valence-corrected chi connectivity index (χ1v) is 8.31. The Kier molecular flexibility index (Phi) is 5.55. The molecule has 7 heteroatoms. The van der Waals surface area contributed by atoms with Gasteiger partial charge < -0.3 is 25.1 Å². The third kappa shape index (κ3) is 4.17. The Morgan fingerprint density at radius 2 is 2.21 bits per heavy atom. The van der Waals surface area contributed by atoms with E-state index in [4.69, 9.17) is 19.9 Å². The number of primary amides is 1. The van der Waals surface area contributed by atoms with Gasteiger partial charge in [-0.1, -0.05) is 12.5 Å². The molecule has 2 heterocycles. The molecule has 0 aromatic heterocycles. The van der Waals surface area contributed by atoms with E-state index in [1.54, 1.807) is 0 Å². The van der Waals surface area contributed by atoms with Gasteiger partial charge in [0.15, 0.2) is 11.5 Å². The van der Waals surface area contributed by atoms with E-state index in [-0.39, 0.29) is 25.3 Å². The zero-order valence-corrected chi connectivity index (χ0v) is 13.6. The van der Waals surface area contributed by atoms with Crippen molar-refractivity contribution in [3.63, 3.8) is 0 Å². The maximum atomic E-state index is 11.5. The standard InChI is InChI=1S/C17H24N2O5/c18-17(21)14-3-1-2-6-19(14)8-13(20)10-22-9-12-4-5-15-16(7-12)24-11-23-15/h4-5,7,13-14,20H,1-3,6,8-11H2,(H2,18,21)/t13-,14-/m0/s1. The first-order valence-electron chi connectivity index (χ1n) is 8.31. The van der Waals surface area contributed by atoms with E-state index in [1.165, 1.54) is 0 Å². The van der Waals surface area contributed by atoms with Crippen molar-refractivity contribution in [2.24, 2.45) is 5.73 Å². The zero-order valence-electron chi connectivity index (χ0n) is 13.6. The average molecular weight is 336 g/mol. The van der Waals surface area contributed by atoms with Gasteiger partial charge in [-0.3, -0.25) is 9.69 Å². The Morgan fingerprint density at radius 3 is 3.04 bits per heavy atom. The van der Waals surface area contributed by atoms with E-state index in [1.807, 2.05) is 23.1 Å². The first kappa shape index (κ1) is 17.0. The molecule has 2 aliphatic rings. The Labute approximate surface area is 141 Å². The highest BCUT2D eigenvalue weighted by Gasteiger charge is 2.28. The Morgan fingerprint density at radius 1 is 1.38 bits per heavy atom. The second kappa shape index (κ2) is 7.83. The number of nitrogens with two attached hydrogens (primary N) is 1. The average Bonchev–Trinajstić information content (AvgIpc) is 3.03. The number of aliphatic hydroxyl groups excluding tert-OH is 1. The number of rotatable bonds is 7. The molecular formula is C17H24N2O5. The molecule has 0 aliphatic carbocycles. The minimum Gasteiger partial charge on any atom is -0.454 e. The molecule has 132 valence electrons. The molecule has 1 aromatic carbocycles. The van der Waals surface area contributed by atoms with E-state index in [0.29, 0.717) is 18.9 Å². The monoisotopic (exact) mass is 336 g/mol. The number of fused-ring (bicyclic) bond motifs is 1. The SMILES string of the molecule is NC(=O)[C@@H]1CCCCN1C[C@H](O)COCc1ccc2c(c1)OCO2. The van der Waals surface area contributed by atoms with Crippen molar-refractivity contribution in [2.75, 3.05) is 26.5 Å².